The quantitative estimate of drug-likeness (QED) is 0.374. The highest BCUT2D eigenvalue weighted by Crippen LogP contribution is 2.27. The predicted molar refractivity (Wildman–Crippen MR) is 139 cm³/mol. The third-order valence-electron chi connectivity index (χ3n) is 4.98. The molecule has 0 aliphatic rings. The summed E-state index contributed by atoms with van der Waals surface area (Å²) in [6.45, 7) is 9.22. The van der Waals surface area contributed by atoms with E-state index in [0.717, 1.165) is 22.6 Å². The maximum atomic E-state index is 10.6. The Balaban J connectivity index is 1.80. The van der Waals surface area contributed by atoms with Crippen LogP contribution in [0.3, 0.4) is 0 Å². The van der Waals surface area contributed by atoms with E-state index in [1.165, 1.54) is 0 Å². The lowest BCUT2D eigenvalue weighted by atomic mass is 10.00. The molecule has 8 heteroatoms. The van der Waals surface area contributed by atoms with Crippen LogP contribution in [0.5, 0.6) is 5.75 Å². The Hall–Kier alpha value is -3.55. The molecule has 0 aliphatic carbocycles. The molecule has 0 fully saturated rings. The van der Waals surface area contributed by atoms with Crippen molar-refractivity contribution in [2.75, 3.05) is 12.4 Å². The van der Waals surface area contributed by atoms with Crippen molar-refractivity contribution in [3.63, 3.8) is 0 Å². The number of allylic oxidation sites excluding steroid dienone is 1. The van der Waals surface area contributed by atoms with Crippen molar-refractivity contribution >= 4 is 23.0 Å². The predicted octanol–water partition coefficient (Wildman–Crippen LogP) is 5.02. The lowest BCUT2D eigenvalue weighted by molar-refractivity contribution is 0.155. The number of ether oxygens (including phenoxy) is 1. The van der Waals surface area contributed by atoms with E-state index in [1.54, 1.807) is 33.4 Å². The molecule has 178 valence electrons. The Morgan fingerprint density at radius 1 is 1.29 bits per heavy atom. The number of imidazole rings is 1. The molecule has 1 heterocycles. The van der Waals surface area contributed by atoms with Gasteiger partial charge in [-0.25, -0.2) is 9.98 Å². The molecule has 4 N–H and O–H groups in total. The first-order valence-corrected chi connectivity index (χ1v) is 11.1. The maximum absolute atomic E-state index is 10.6. The van der Waals surface area contributed by atoms with Gasteiger partial charge in [-0.05, 0) is 56.7 Å². The minimum atomic E-state index is -1.23. The smallest absolute Gasteiger partial charge is 0.144 e. The number of anilines is 1. The SMILES string of the molecule is C=C(N=C(/C=C(\N)Cc1ccc(Cl)cc1)C(C)(C)O)Nc1ccc(-n2cnc(C)c2)c(OC)c1. The van der Waals surface area contributed by atoms with E-state index in [4.69, 9.17) is 22.1 Å². The second-order valence-corrected chi connectivity index (χ2v) is 8.90. The Morgan fingerprint density at radius 3 is 2.59 bits per heavy atom. The Morgan fingerprint density at radius 2 is 2.00 bits per heavy atom. The molecular formula is C26H30ClN5O2. The lowest BCUT2D eigenvalue weighted by Crippen LogP contribution is -2.31. The highest BCUT2D eigenvalue weighted by molar-refractivity contribution is 6.30. The summed E-state index contributed by atoms with van der Waals surface area (Å²) in [6.07, 6.45) is 5.83. The van der Waals surface area contributed by atoms with Crippen LogP contribution in [0.1, 0.15) is 25.1 Å². The molecule has 0 unspecified atom stereocenters. The minimum absolute atomic E-state index is 0.348. The van der Waals surface area contributed by atoms with Gasteiger partial charge < -0.3 is 25.5 Å². The van der Waals surface area contributed by atoms with Gasteiger partial charge in [-0.3, -0.25) is 0 Å². The number of aryl methyl sites for hydroxylation is 1. The molecule has 0 bridgehead atoms. The van der Waals surface area contributed by atoms with Crippen molar-refractivity contribution in [3.05, 3.63) is 95.4 Å². The van der Waals surface area contributed by atoms with Crippen LogP contribution in [0.4, 0.5) is 5.69 Å². The van der Waals surface area contributed by atoms with Crippen molar-refractivity contribution in [2.45, 2.75) is 32.8 Å². The van der Waals surface area contributed by atoms with Gasteiger partial charge in [-0.15, -0.1) is 0 Å². The van der Waals surface area contributed by atoms with Gasteiger partial charge in [0.15, 0.2) is 0 Å². The molecule has 0 amide bonds. The fourth-order valence-corrected chi connectivity index (χ4v) is 3.40. The monoisotopic (exact) mass is 479 g/mol. The number of hydrogen-bond donors (Lipinski definition) is 3. The number of aliphatic imine (C=N–C) groups is 1. The van der Waals surface area contributed by atoms with E-state index >= 15 is 0 Å². The average Bonchev–Trinajstić information content (AvgIpc) is 3.20. The number of halogens is 1. The van der Waals surface area contributed by atoms with Crippen LogP contribution in [-0.2, 0) is 6.42 Å². The number of nitrogens with zero attached hydrogens (tertiary/aromatic N) is 3. The van der Waals surface area contributed by atoms with Gasteiger partial charge in [0.05, 0.1) is 30.5 Å². The van der Waals surface area contributed by atoms with Crippen molar-refractivity contribution in [1.29, 1.82) is 0 Å². The van der Waals surface area contributed by atoms with Gasteiger partial charge in [0.2, 0.25) is 0 Å². The molecular weight excluding hydrogens is 450 g/mol. The molecule has 0 aliphatic heterocycles. The zero-order valence-electron chi connectivity index (χ0n) is 19.8. The van der Waals surface area contributed by atoms with Crippen molar-refractivity contribution in [1.82, 2.24) is 9.55 Å². The molecule has 2 aromatic carbocycles. The largest absolute Gasteiger partial charge is 0.494 e. The number of nitrogens with one attached hydrogen (secondary N) is 1. The summed E-state index contributed by atoms with van der Waals surface area (Å²) < 4.78 is 7.45. The van der Waals surface area contributed by atoms with Crippen LogP contribution >= 0.6 is 11.6 Å². The minimum Gasteiger partial charge on any atom is -0.494 e. The van der Waals surface area contributed by atoms with Crippen LogP contribution in [0.2, 0.25) is 5.02 Å². The number of hydrogen-bond acceptors (Lipinski definition) is 6. The topological polar surface area (TPSA) is 97.7 Å². The highest BCUT2D eigenvalue weighted by Gasteiger charge is 2.20. The highest BCUT2D eigenvalue weighted by atomic mass is 35.5. The summed E-state index contributed by atoms with van der Waals surface area (Å²) in [6, 6.07) is 13.1. The summed E-state index contributed by atoms with van der Waals surface area (Å²) in [5.74, 6) is 1.01. The van der Waals surface area contributed by atoms with Gasteiger partial charge >= 0.3 is 0 Å². The zero-order chi connectivity index (χ0) is 24.9. The van der Waals surface area contributed by atoms with Crippen LogP contribution in [0, 0.1) is 6.92 Å². The number of rotatable bonds is 9. The molecule has 0 spiro atoms. The summed E-state index contributed by atoms with van der Waals surface area (Å²) in [4.78, 5) is 8.77. The summed E-state index contributed by atoms with van der Waals surface area (Å²) in [5, 5.41) is 14.5. The number of benzene rings is 2. The van der Waals surface area contributed by atoms with E-state index in [-0.39, 0.29) is 0 Å². The number of aliphatic hydroxyl groups is 1. The second-order valence-electron chi connectivity index (χ2n) is 8.46. The van der Waals surface area contributed by atoms with E-state index in [2.05, 4.69) is 21.9 Å². The van der Waals surface area contributed by atoms with E-state index in [0.29, 0.717) is 34.4 Å². The maximum Gasteiger partial charge on any atom is 0.144 e. The molecule has 0 saturated heterocycles. The molecule has 1 aromatic heterocycles. The normalized spacial score (nSPS) is 12.5. The van der Waals surface area contributed by atoms with E-state index in [9.17, 15) is 5.11 Å². The molecule has 34 heavy (non-hydrogen) atoms. The summed E-state index contributed by atoms with van der Waals surface area (Å²) in [7, 11) is 1.61. The molecule has 0 saturated carbocycles. The lowest BCUT2D eigenvalue weighted by Gasteiger charge is -2.19. The average molecular weight is 480 g/mol. The zero-order valence-corrected chi connectivity index (χ0v) is 20.6. The van der Waals surface area contributed by atoms with Crippen molar-refractivity contribution in [2.24, 2.45) is 10.7 Å². The van der Waals surface area contributed by atoms with Crippen LogP contribution in [0.25, 0.3) is 5.69 Å². The van der Waals surface area contributed by atoms with Crippen LogP contribution in [-0.4, -0.2) is 33.1 Å². The number of aromatic nitrogens is 2. The van der Waals surface area contributed by atoms with Gasteiger partial charge in [0.1, 0.15) is 17.2 Å². The summed E-state index contributed by atoms with van der Waals surface area (Å²) in [5.41, 5.74) is 9.47. The molecule has 3 aromatic rings. The van der Waals surface area contributed by atoms with Gasteiger partial charge in [-0.1, -0.05) is 30.3 Å². The van der Waals surface area contributed by atoms with Gasteiger partial charge in [-0.2, -0.15) is 0 Å². The first-order valence-electron chi connectivity index (χ1n) is 10.7. The van der Waals surface area contributed by atoms with Gasteiger partial charge in [0.25, 0.3) is 0 Å². The van der Waals surface area contributed by atoms with Crippen molar-refractivity contribution < 1.29 is 9.84 Å². The van der Waals surface area contributed by atoms with Gasteiger partial charge in [0, 0.05) is 35.1 Å². The fourth-order valence-electron chi connectivity index (χ4n) is 3.27. The molecule has 0 radical (unpaired) electrons. The Labute approximate surface area is 205 Å². The molecule has 7 nitrogen and oxygen atoms in total. The third kappa shape index (κ3) is 6.73. The van der Waals surface area contributed by atoms with E-state index in [1.807, 2.05) is 60.2 Å². The third-order valence-corrected chi connectivity index (χ3v) is 5.24. The Bertz CT molecular complexity index is 1220. The Kier molecular flexibility index (Phi) is 7.81. The summed E-state index contributed by atoms with van der Waals surface area (Å²) >= 11 is 5.95. The van der Waals surface area contributed by atoms with Crippen LogP contribution < -0.4 is 15.8 Å². The van der Waals surface area contributed by atoms with Crippen LogP contribution in [0.15, 0.2) is 84.2 Å². The van der Waals surface area contributed by atoms with Crippen molar-refractivity contribution in [3.8, 4) is 11.4 Å². The first kappa shape index (κ1) is 25.1. The van der Waals surface area contributed by atoms with E-state index < -0.39 is 5.60 Å². The number of nitrogens with two attached hydrogens (primary N) is 1. The standard InChI is InChI=1S/C26H30ClN5O2/c1-17-15-32(16-29-17)23-11-10-22(14-24(23)34-5)30-18(2)31-25(26(3,4)33)13-21(28)12-19-6-8-20(27)9-7-19/h6-11,13-16,30,33H,2,12,28H2,1,3-5H3/b21-13-,31-25?. The fraction of sp³-hybridized carbons (Fsp3) is 0.231. The number of methoxy groups -OCH3 is 1. The first-order chi connectivity index (χ1) is 16.0. The molecule has 0 atom stereocenters. The molecule has 3 rings (SSSR count). The second kappa shape index (κ2) is 10.6.